The third kappa shape index (κ3) is 5.11. The molecule has 1 aliphatic rings. The molecule has 0 radical (unpaired) electrons. The van der Waals surface area contributed by atoms with Gasteiger partial charge in [0.05, 0.1) is 0 Å². The molecule has 0 aliphatic heterocycles. The molecule has 0 spiro atoms. The highest BCUT2D eigenvalue weighted by Gasteiger charge is 2.57. The van der Waals surface area contributed by atoms with E-state index in [1.54, 1.807) is 0 Å². The summed E-state index contributed by atoms with van der Waals surface area (Å²) in [5, 5.41) is 9.58. The second-order valence-corrected chi connectivity index (χ2v) is 21.2. The largest absolute Gasteiger partial charge is 0.179 e. The van der Waals surface area contributed by atoms with Crippen LogP contribution in [0, 0.1) is 0 Å². The van der Waals surface area contributed by atoms with Crippen LogP contribution in [0.25, 0.3) is 0 Å². The summed E-state index contributed by atoms with van der Waals surface area (Å²) < 4.78 is 0. The molecule has 1 atom stereocenters. The van der Waals surface area contributed by atoms with Crippen molar-refractivity contribution in [3.63, 3.8) is 0 Å². The van der Waals surface area contributed by atoms with Crippen molar-refractivity contribution in [1.82, 2.24) is 0 Å². The first kappa shape index (κ1) is 31.7. The van der Waals surface area contributed by atoms with E-state index >= 15 is 0 Å². The average Bonchev–Trinajstić information content (AvgIpc) is 3.22. The Morgan fingerprint density at radius 2 is 0.640 bits per heavy atom. The summed E-state index contributed by atoms with van der Waals surface area (Å²) in [5.74, 6) is 0. The number of hydrogen-bond acceptors (Lipinski definition) is 0. The SMILES string of the molecule is C1=CC(c2ccccc2)([Si](c2ccccc2)(c2ccccc2)c2ccccc2)CC=C1[Si](c1ccccc1)(c1ccccc1)c1ccccc1. The average molecular weight is 673 g/mol. The summed E-state index contributed by atoms with van der Waals surface area (Å²) in [6.07, 6.45) is 8.72. The van der Waals surface area contributed by atoms with E-state index in [1.165, 1.54) is 41.9 Å². The van der Waals surface area contributed by atoms with Gasteiger partial charge < -0.3 is 0 Å². The van der Waals surface area contributed by atoms with Crippen LogP contribution in [-0.4, -0.2) is 16.1 Å². The van der Waals surface area contributed by atoms with E-state index in [4.69, 9.17) is 0 Å². The van der Waals surface area contributed by atoms with Crippen molar-refractivity contribution in [2.45, 2.75) is 11.5 Å². The van der Waals surface area contributed by atoms with Gasteiger partial charge in [-0.25, -0.2) is 0 Å². The lowest BCUT2D eigenvalue weighted by Crippen LogP contribution is -2.78. The molecule has 0 aromatic heterocycles. The van der Waals surface area contributed by atoms with Crippen LogP contribution in [0.5, 0.6) is 0 Å². The van der Waals surface area contributed by atoms with Crippen molar-refractivity contribution in [1.29, 1.82) is 0 Å². The molecule has 2 heteroatoms. The summed E-state index contributed by atoms with van der Waals surface area (Å²) >= 11 is 0. The van der Waals surface area contributed by atoms with Gasteiger partial charge in [0.1, 0.15) is 0 Å². The molecule has 50 heavy (non-hydrogen) atoms. The Hall–Kier alpha value is -5.55. The maximum absolute atomic E-state index is 2.86. The molecule has 0 saturated heterocycles. The Kier molecular flexibility index (Phi) is 8.72. The van der Waals surface area contributed by atoms with Crippen molar-refractivity contribution in [2.75, 3.05) is 0 Å². The number of allylic oxidation sites excluding steroid dienone is 4. The summed E-state index contributed by atoms with van der Waals surface area (Å²) in [4.78, 5) is 0. The van der Waals surface area contributed by atoms with Crippen molar-refractivity contribution in [3.8, 4) is 0 Å². The van der Waals surface area contributed by atoms with E-state index in [0.717, 1.165) is 6.42 Å². The van der Waals surface area contributed by atoms with Crippen LogP contribution >= 0.6 is 0 Å². The fraction of sp³-hybridized carbons (Fsp3) is 0.0417. The van der Waals surface area contributed by atoms with Gasteiger partial charge in [-0.3, -0.25) is 0 Å². The summed E-state index contributed by atoms with van der Waals surface area (Å²) in [7, 11) is -5.55. The monoisotopic (exact) mass is 672 g/mol. The fourth-order valence-electron chi connectivity index (χ4n) is 8.76. The Balaban J connectivity index is 1.46. The van der Waals surface area contributed by atoms with E-state index in [2.05, 4.69) is 231 Å². The second-order valence-electron chi connectivity index (χ2n) is 13.2. The number of hydrogen-bond donors (Lipinski definition) is 0. The molecule has 240 valence electrons. The molecule has 8 rings (SSSR count). The van der Waals surface area contributed by atoms with E-state index in [-0.39, 0.29) is 5.04 Å². The van der Waals surface area contributed by atoms with Crippen molar-refractivity contribution in [2.24, 2.45) is 0 Å². The van der Waals surface area contributed by atoms with Crippen LogP contribution in [0.3, 0.4) is 0 Å². The molecule has 0 heterocycles. The number of benzene rings is 7. The predicted octanol–water partition coefficient (Wildman–Crippen LogP) is 7.23. The summed E-state index contributed by atoms with van der Waals surface area (Å²) in [5.41, 5.74) is 1.36. The van der Waals surface area contributed by atoms with Crippen molar-refractivity contribution >= 4 is 47.3 Å². The Morgan fingerprint density at radius 3 is 0.940 bits per heavy atom. The van der Waals surface area contributed by atoms with Gasteiger partial charge in [-0.2, -0.15) is 0 Å². The van der Waals surface area contributed by atoms with Gasteiger partial charge in [0, 0.05) is 5.04 Å². The normalized spacial score (nSPS) is 16.0. The van der Waals surface area contributed by atoms with Gasteiger partial charge in [0.15, 0.2) is 16.1 Å². The zero-order valence-electron chi connectivity index (χ0n) is 28.1. The fourth-order valence-corrected chi connectivity index (χ4v) is 19.5. The topological polar surface area (TPSA) is 0 Å². The quantitative estimate of drug-likeness (QED) is 0.112. The standard InChI is InChI=1S/C48H40Si2/c1-8-22-40(23-9-1)48(50(45-30-16-5-17-31-45,46-32-18-6-19-33-46)47-34-20-7-21-35-47)38-36-44(37-39-48)49(41-24-10-2-11-25-41,42-26-12-3-13-27-42)43-28-14-4-15-29-43/h1-38H,39H2. The molecule has 0 N–H and O–H groups in total. The number of rotatable bonds is 9. The molecule has 1 unspecified atom stereocenters. The highest BCUT2D eigenvalue weighted by Crippen LogP contribution is 2.43. The second kappa shape index (κ2) is 13.8. The third-order valence-corrected chi connectivity index (χ3v) is 21.3. The van der Waals surface area contributed by atoms with Gasteiger partial charge in [-0.05, 0) is 48.3 Å². The first-order valence-corrected chi connectivity index (χ1v) is 21.6. The van der Waals surface area contributed by atoms with Crippen molar-refractivity contribution < 1.29 is 0 Å². The van der Waals surface area contributed by atoms with Gasteiger partial charge in [0.2, 0.25) is 0 Å². The Labute approximate surface area is 298 Å². The lowest BCUT2D eigenvalue weighted by molar-refractivity contribution is 0.734. The van der Waals surface area contributed by atoms with Crippen LogP contribution in [0.4, 0.5) is 0 Å². The molecule has 0 bridgehead atoms. The summed E-state index contributed by atoms with van der Waals surface area (Å²) in [6.45, 7) is 0. The molecule has 7 aromatic carbocycles. The molecular formula is C48H40Si2. The molecule has 7 aromatic rings. The third-order valence-electron chi connectivity index (χ3n) is 10.8. The van der Waals surface area contributed by atoms with Gasteiger partial charge in [0.25, 0.3) is 0 Å². The summed E-state index contributed by atoms with van der Waals surface area (Å²) in [6, 6.07) is 79.4. The van der Waals surface area contributed by atoms with Gasteiger partial charge >= 0.3 is 0 Å². The van der Waals surface area contributed by atoms with Crippen LogP contribution in [-0.2, 0) is 5.04 Å². The van der Waals surface area contributed by atoms with E-state index < -0.39 is 16.1 Å². The molecular weight excluding hydrogens is 633 g/mol. The Morgan fingerprint density at radius 1 is 0.340 bits per heavy atom. The zero-order chi connectivity index (χ0) is 33.7. The molecule has 0 amide bonds. The lowest BCUT2D eigenvalue weighted by atomic mass is 9.91. The van der Waals surface area contributed by atoms with Crippen LogP contribution < -0.4 is 31.1 Å². The smallest absolute Gasteiger partial charge is 0.0832 e. The Bertz CT molecular complexity index is 2000. The predicted molar refractivity (Wildman–Crippen MR) is 218 cm³/mol. The molecule has 0 nitrogen and oxygen atoms in total. The maximum atomic E-state index is 2.65. The minimum atomic E-state index is -2.86. The van der Waals surface area contributed by atoms with Gasteiger partial charge in [-0.15, -0.1) is 0 Å². The molecule has 0 saturated carbocycles. The van der Waals surface area contributed by atoms with E-state index in [1.807, 2.05) is 0 Å². The first-order valence-electron chi connectivity index (χ1n) is 17.6. The highest BCUT2D eigenvalue weighted by molar-refractivity contribution is 7.17. The van der Waals surface area contributed by atoms with E-state index in [9.17, 15) is 0 Å². The minimum Gasteiger partial charge on any atom is -0.0832 e. The first-order chi connectivity index (χ1) is 24.8. The molecule has 1 aliphatic carbocycles. The zero-order valence-corrected chi connectivity index (χ0v) is 30.1. The van der Waals surface area contributed by atoms with Crippen LogP contribution in [0.1, 0.15) is 12.0 Å². The van der Waals surface area contributed by atoms with Gasteiger partial charge in [-0.1, -0.05) is 231 Å². The van der Waals surface area contributed by atoms with Crippen molar-refractivity contribution in [3.05, 3.63) is 241 Å². The minimum absolute atomic E-state index is 0.313. The maximum Gasteiger partial charge on any atom is 0.179 e. The van der Waals surface area contributed by atoms with Crippen LogP contribution in [0.15, 0.2) is 236 Å². The lowest BCUT2D eigenvalue weighted by Gasteiger charge is -2.51. The molecule has 0 fully saturated rings. The highest BCUT2D eigenvalue weighted by atomic mass is 28.3. The van der Waals surface area contributed by atoms with Crippen LogP contribution in [0.2, 0.25) is 0 Å². The van der Waals surface area contributed by atoms with E-state index in [0.29, 0.717) is 0 Å².